The Hall–Kier alpha value is -3.82. The van der Waals surface area contributed by atoms with Crippen LogP contribution in [-0.4, -0.2) is 65.0 Å². The molecule has 1 saturated heterocycles. The highest BCUT2D eigenvalue weighted by Gasteiger charge is 2.31. The Bertz CT molecular complexity index is 1160. The number of carbonyl (C=O) groups excluding carboxylic acids is 1. The summed E-state index contributed by atoms with van der Waals surface area (Å²) in [6.07, 6.45) is 1.83. The lowest BCUT2D eigenvalue weighted by molar-refractivity contribution is -0.133. The molecule has 3 heterocycles. The van der Waals surface area contributed by atoms with E-state index in [0.717, 1.165) is 35.5 Å². The molecule has 2 aliphatic rings. The highest BCUT2D eigenvalue weighted by atomic mass is 16.6. The molecular formula is C23H25N5O5. The number of rotatable bonds is 6. The second-order valence-electron chi connectivity index (χ2n) is 7.86. The van der Waals surface area contributed by atoms with Crippen molar-refractivity contribution in [1.82, 2.24) is 25.1 Å². The van der Waals surface area contributed by atoms with Gasteiger partial charge in [-0.3, -0.25) is 4.79 Å². The van der Waals surface area contributed by atoms with E-state index in [2.05, 4.69) is 15.4 Å². The largest absolute Gasteiger partial charge is 0.493 e. The number of amides is 1. The number of ether oxygens (including phenoxy) is 4. The van der Waals surface area contributed by atoms with Gasteiger partial charge in [-0.15, -0.1) is 10.2 Å². The number of benzene rings is 2. The van der Waals surface area contributed by atoms with Crippen molar-refractivity contribution in [2.75, 3.05) is 34.0 Å². The van der Waals surface area contributed by atoms with Gasteiger partial charge in [0, 0.05) is 12.1 Å². The number of nitrogens with zero attached hydrogens (tertiary/aromatic N) is 5. The van der Waals surface area contributed by atoms with Crippen molar-refractivity contribution in [1.29, 1.82) is 0 Å². The van der Waals surface area contributed by atoms with E-state index in [4.69, 9.17) is 18.9 Å². The third-order valence-corrected chi connectivity index (χ3v) is 5.90. The van der Waals surface area contributed by atoms with E-state index in [-0.39, 0.29) is 18.5 Å². The van der Waals surface area contributed by atoms with Gasteiger partial charge in [-0.25, -0.2) is 0 Å². The van der Waals surface area contributed by atoms with Gasteiger partial charge in [-0.1, -0.05) is 6.07 Å². The fraction of sp³-hybridized carbons (Fsp3) is 0.391. The van der Waals surface area contributed by atoms with Crippen LogP contribution >= 0.6 is 0 Å². The molecule has 1 atom stereocenters. The molecule has 2 aromatic carbocycles. The van der Waals surface area contributed by atoms with Crippen LogP contribution in [0.4, 0.5) is 0 Å². The molecule has 0 N–H and O–H groups in total. The first kappa shape index (κ1) is 21.0. The SMILES string of the molecule is COc1ccc(-c2nnn(CC(=O)N3CCCC3c3ccc4c(c3)OCCO4)n2)cc1OC. The van der Waals surface area contributed by atoms with Crippen LogP contribution in [0.5, 0.6) is 23.0 Å². The molecule has 1 aromatic heterocycles. The summed E-state index contributed by atoms with van der Waals surface area (Å²) in [5.41, 5.74) is 1.77. The van der Waals surface area contributed by atoms with Crippen LogP contribution in [0.2, 0.25) is 0 Å². The van der Waals surface area contributed by atoms with E-state index in [1.807, 2.05) is 29.2 Å². The highest BCUT2D eigenvalue weighted by molar-refractivity contribution is 5.76. The summed E-state index contributed by atoms with van der Waals surface area (Å²) >= 11 is 0. The van der Waals surface area contributed by atoms with Gasteiger partial charge >= 0.3 is 0 Å². The molecule has 0 saturated carbocycles. The first-order valence-corrected chi connectivity index (χ1v) is 10.9. The highest BCUT2D eigenvalue weighted by Crippen LogP contribution is 2.38. The van der Waals surface area contributed by atoms with Crippen molar-refractivity contribution in [2.24, 2.45) is 0 Å². The zero-order valence-electron chi connectivity index (χ0n) is 18.6. The van der Waals surface area contributed by atoms with Gasteiger partial charge in [0.15, 0.2) is 23.0 Å². The smallest absolute Gasteiger partial charge is 0.246 e. The standard InChI is InChI=1S/C23H25N5O5/c1-30-18-7-6-16(13-20(18)31-2)23-24-26-28(25-23)14-22(29)27-9-3-4-17(27)15-5-8-19-21(12-15)33-11-10-32-19/h5-8,12-13,17H,3-4,9-11,14H2,1-2H3. The number of aromatic nitrogens is 4. The van der Waals surface area contributed by atoms with Crippen LogP contribution in [0.3, 0.4) is 0 Å². The van der Waals surface area contributed by atoms with Crippen LogP contribution in [0.15, 0.2) is 36.4 Å². The first-order chi connectivity index (χ1) is 16.2. The molecule has 0 spiro atoms. The van der Waals surface area contributed by atoms with Gasteiger partial charge in [-0.2, -0.15) is 4.80 Å². The quantitative estimate of drug-likeness (QED) is 0.564. The topological polar surface area (TPSA) is 101 Å². The Labute approximate surface area is 191 Å². The molecule has 0 bridgehead atoms. The number of likely N-dealkylation sites (tertiary alicyclic amines) is 1. The van der Waals surface area contributed by atoms with Crippen molar-refractivity contribution in [2.45, 2.75) is 25.4 Å². The maximum Gasteiger partial charge on any atom is 0.246 e. The molecule has 172 valence electrons. The summed E-state index contributed by atoms with van der Waals surface area (Å²) in [4.78, 5) is 16.3. The molecule has 2 aliphatic heterocycles. The summed E-state index contributed by atoms with van der Waals surface area (Å²) in [7, 11) is 3.15. The van der Waals surface area contributed by atoms with Crippen LogP contribution < -0.4 is 18.9 Å². The maximum atomic E-state index is 13.1. The van der Waals surface area contributed by atoms with E-state index < -0.39 is 0 Å². The molecular weight excluding hydrogens is 426 g/mol. The van der Waals surface area contributed by atoms with Crippen molar-refractivity contribution >= 4 is 5.91 Å². The summed E-state index contributed by atoms with van der Waals surface area (Å²) < 4.78 is 21.9. The molecule has 0 radical (unpaired) electrons. The Morgan fingerprint density at radius 1 is 1.06 bits per heavy atom. The minimum absolute atomic E-state index is 0.0119. The summed E-state index contributed by atoms with van der Waals surface area (Å²) in [5, 5.41) is 12.6. The fourth-order valence-corrected chi connectivity index (χ4v) is 4.29. The van der Waals surface area contributed by atoms with Gasteiger partial charge < -0.3 is 23.8 Å². The molecule has 33 heavy (non-hydrogen) atoms. The Morgan fingerprint density at radius 2 is 1.88 bits per heavy atom. The fourth-order valence-electron chi connectivity index (χ4n) is 4.29. The number of carbonyl (C=O) groups is 1. The molecule has 3 aromatic rings. The first-order valence-electron chi connectivity index (χ1n) is 10.9. The molecule has 1 amide bonds. The van der Waals surface area contributed by atoms with Crippen LogP contribution in [-0.2, 0) is 11.3 Å². The van der Waals surface area contributed by atoms with E-state index >= 15 is 0 Å². The van der Waals surface area contributed by atoms with Gasteiger partial charge in [0.05, 0.1) is 20.3 Å². The van der Waals surface area contributed by atoms with Crippen molar-refractivity contribution < 1.29 is 23.7 Å². The second kappa shape index (κ2) is 8.97. The minimum atomic E-state index is -0.0522. The predicted molar refractivity (Wildman–Crippen MR) is 117 cm³/mol. The average Bonchev–Trinajstić information content (AvgIpc) is 3.53. The lowest BCUT2D eigenvalue weighted by atomic mass is 10.0. The molecule has 5 rings (SSSR count). The number of hydrogen-bond acceptors (Lipinski definition) is 8. The van der Waals surface area contributed by atoms with E-state index in [0.29, 0.717) is 37.1 Å². The maximum absolute atomic E-state index is 13.1. The third kappa shape index (κ3) is 4.15. The van der Waals surface area contributed by atoms with Crippen LogP contribution in [0.1, 0.15) is 24.4 Å². The minimum Gasteiger partial charge on any atom is -0.493 e. The van der Waals surface area contributed by atoms with Gasteiger partial charge in [0.2, 0.25) is 11.7 Å². The van der Waals surface area contributed by atoms with Crippen molar-refractivity contribution in [3.63, 3.8) is 0 Å². The predicted octanol–water partition coefficient (Wildman–Crippen LogP) is 2.49. The molecule has 10 heteroatoms. The Kier molecular flexibility index (Phi) is 5.72. The van der Waals surface area contributed by atoms with E-state index in [1.54, 1.807) is 26.4 Å². The zero-order chi connectivity index (χ0) is 22.8. The molecule has 1 fully saturated rings. The molecule has 1 unspecified atom stereocenters. The lowest BCUT2D eigenvalue weighted by Crippen LogP contribution is -2.34. The normalized spacial score (nSPS) is 17.2. The van der Waals surface area contributed by atoms with Gasteiger partial charge in [-0.05, 0) is 54.0 Å². The van der Waals surface area contributed by atoms with E-state index in [9.17, 15) is 4.79 Å². The van der Waals surface area contributed by atoms with E-state index in [1.165, 1.54) is 4.80 Å². The van der Waals surface area contributed by atoms with Gasteiger partial charge in [0.25, 0.3) is 0 Å². The summed E-state index contributed by atoms with van der Waals surface area (Å²) in [6, 6.07) is 11.3. The zero-order valence-corrected chi connectivity index (χ0v) is 18.6. The Balaban J connectivity index is 1.30. The number of methoxy groups -OCH3 is 2. The molecule has 10 nitrogen and oxygen atoms in total. The van der Waals surface area contributed by atoms with Gasteiger partial charge in [0.1, 0.15) is 19.8 Å². The van der Waals surface area contributed by atoms with Crippen LogP contribution in [0.25, 0.3) is 11.4 Å². The van der Waals surface area contributed by atoms with Crippen molar-refractivity contribution in [3.8, 4) is 34.4 Å². The second-order valence-corrected chi connectivity index (χ2v) is 7.86. The van der Waals surface area contributed by atoms with Crippen LogP contribution in [0, 0.1) is 0 Å². The lowest BCUT2D eigenvalue weighted by Gasteiger charge is -2.26. The number of hydrogen-bond donors (Lipinski definition) is 0. The average molecular weight is 451 g/mol. The molecule has 0 aliphatic carbocycles. The summed E-state index contributed by atoms with van der Waals surface area (Å²) in [6.45, 7) is 1.79. The monoisotopic (exact) mass is 451 g/mol. The summed E-state index contributed by atoms with van der Waals surface area (Å²) in [5.74, 6) is 3.02. The third-order valence-electron chi connectivity index (χ3n) is 5.90. The Morgan fingerprint density at radius 3 is 2.70 bits per heavy atom. The number of fused-ring (bicyclic) bond motifs is 1. The van der Waals surface area contributed by atoms with Crippen molar-refractivity contribution in [3.05, 3.63) is 42.0 Å². The number of tetrazole rings is 1.